The summed E-state index contributed by atoms with van der Waals surface area (Å²) in [5.74, 6) is 0. The molecule has 1 fully saturated rings. The first-order chi connectivity index (χ1) is 6.36. The van der Waals surface area contributed by atoms with Crippen molar-refractivity contribution in [2.24, 2.45) is 11.5 Å². The van der Waals surface area contributed by atoms with Crippen LogP contribution in [-0.2, 0) is 0 Å². The molecule has 0 unspecified atom stereocenters. The third kappa shape index (κ3) is 4.02. The molecule has 5 nitrogen and oxygen atoms in total. The minimum absolute atomic E-state index is 0.716. The van der Waals surface area contributed by atoms with Crippen molar-refractivity contribution < 1.29 is 0 Å². The zero-order valence-electron chi connectivity index (χ0n) is 8.21. The fourth-order valence-electron chi connectivity index (χ4n) is 1.42. The molecule has 78 valence electrons. The minimum Gasteiger partial charge on any atom is -0.329 e. The molecule has 5 heteroatoms. The van der Waals surface area contributed by atoms with Crippen LogP contribution < -0.4 is 16.9 Å². The second kappa shape index (κ2) is 6.28. The summed E-state index contributed by atoms with van der Waals surface area (Å²) in [6.45, 7) is 7.74. The van der Waals surface area contributed by atoms with Gasteiger partial charge in [-0.05, 0) is 0 Å². The summed E-state index contributed by atoms with van der Waals surface area (Å²) in [5, 5.41) is 2.22. The van der Waals surface area contributed by atoms with Gasteiger partial charge in [-0.1, -0.05) is 0 Å². The molecule has 0 aromatic rings. The zero-order chi connectivity index (χ0) is 9.52. The predicted octanol–water partition coefficient (Wildman–Crippen LogP) is -1.97. The number of hydrogen-bond donors (Lipinski definition) is 3. The summed E-state index contributed by atoms with van der Waals surface area (Å²) >= 11 is 0. The molecule has 1 rings (SSSR count). The molecule has 13 heavy (non-hydrogen) atoms. The van der Waals surface area contributed by atoms with E-state index in [2.05, 4.69) is 15.3 Å². The highest BCUT2D eigenvalue weighted by molar-refractivity contribution is 4.67. The van der Waals surface area contributed by atoms with Crippen LogP contribution >= 0.6 is 0 Å². The van der Waals surface area contributed by atoms with Crippen molar-refractivity contribution in [2.45, 2.75) is 0 Å². The minimum atomic E-state index is 0.716. The number of nitrogens with two attached hydrogens (primary N) is 2. The van der Waals surface area contributed by atoms with Crippen molar-refractivity contribution in [2.75, 3.05) is 52.4 Å². The Bertz CT molecular complexity index is 120. The molecule has 0 bridgehead atoms. The van der Waals surface area contributed by atoms with E-state index in [1.54, 1.807) is 0 Å². The van der Waals surface area contributed by atoms with Gasteiger partial charge in [0.05, 0.1) is 0 Å². The van der Waals surface area contributed by atoms with Crippen molar-refractivity contribution >= 4 is 0 Å². The van der Waals surface area contributed by atoms with Crippen molar-refractivity contribution in [3.63, 3.8) is 0 Å². The Morgan fingerprint density at radius 2 is 1.77 bits per heavy atom. The van der Waals surface area contributed by atoms with Crippen molar-refractivity contribution in [1.82, 2.24) is 15.3 Å². The quantitative estimate of drug-likeness (QED) is 0.431. The van der Waals surface area contributed by atoms with Gasteiger partial charge in [-0.25, -0.2) is 5.01 Å². The van der Waals surface area contributed by atoms with Gasteiger partial charge in [0, 0.05) is 52.4 Å². The van der Waals surface area contributed by atoms with Gasteiger partial charge >= 0.3 is 0 Å². The van der Waals surface area contributed by atoms with E-state index in [0.29, 0.717) is 13.1 Å². The highest BCUT2D eigenvalue weighted by atomic mass is 15.6. The molecule has 5 N–H and O–H groups in total. The Morgan fingerprint density at radius 1 is 1.15 bits per heavy atom. The Balaban J connectivity index is 2.05. The van der Waals surface area contributed by atoms with Gasteiger partial charge in [0.2, 0.25) is 0 Å². The lowest BCUT2D eigenvalue weighted by Gasteiger charge is -2.34. The molecule has 1 aliphatic heterocycles. The van der Waals surface area contributed by atoms with Crippen molar-refractivity contribution in [3.8, 4) is 0 Å². The van der Waals surface area contributed by atoms with Crippen LogP contribution in [0.5, 0.6) is 0 Å². The maximum Gasteiger partial charge on any atom is 0.0270 e. The van der Waals surface area contributed by atoms with Gasteiger partial charge < -0.3 is 11.5 Å². The van der Waals surface area contributed by atoms with Gasteiger partial charge in [-0.15, -0.1) is 0 Å². The third-order valence-electron chi connectivity index (χ3n) is 2.29. The first kappa shape index (κ1) is 10.9. The zero-order valence-corrected chi connectivity index (χ0v) is 8.21. The van der Waals surface area contributed by atoms with Gasteiger partial charge in [0.1, 0.15) is 0 Å². The molecule has 0 aromatic carbocycles. The highest BCUT2D eigenvalue weighted by Gasteiger charge is 2.13. The topological polar surface area (TPSA) is 70.5 Å². The van der Waals surface area contributed by atoms with E-state index in [9.17, 15) is 0 Å². The Kier molecular flexibility index (Phi) is 5.26. The van der Waals surface area contributed by atoms with Crippen LogP contribution in [0.4, 0.5) is 0 Å². The summed E-state index contributed by atoms with van der Waals surface area (Å²) < 4.78 is 0. The van der Waals surface area contributed by atoms with E-state index < -0.39 is 0 Å². The van der Waals surface area contributed by atoms with E-state index in [-0.39, 0.29) is 0 Å². The summed E-state index contributed by atoms with van der Waals surface area (Å²) in [7, 11) is 0. The molecular weight excluding hydrogens is 166 g/mol. The van der Waals surface area contributed by atoms with E-state index in [1.165, 1.54) is 6.54 Å². The Morgan fingerprint density at radius 3 is 2.15 bits per heavy atom. The normalized spacial score (nSPS) is 17.8. The van der Waals surface area contributed by atoms with Crippen LogP contribution in [0.2, 0.25) is 0 Å². The molecule has 0 radical (unpaired) electrons. The number of nitrogens with zero attached hydrogens (tertiary/aromatic N) is 2. The monoisotopic (exact) mass is 187 g/mol. The van der Waals surface area contributed by atoms with Crippen molar-refractivity contribution in [3.05, 3.63) is 0 Å². The third-order valence-corrected chi connectivity index (χ3v) is 2.29. The lowest BCUT2D eigenvalue weighted by Crippen LogP contribution is -2.56. The van der Waals surface area contributed by atoms with Crippen LogP contribution in [-0.4, -0.2) is 62.3 Å². The number of hydrazine groups is 1. The predicted molar refractivity (Wildman–Crippen MR) is 54.1 cm³/mol. The summed E-state index contributed by atoms with van der Waals surface area (Å²) in [5.41, 5.74) is 14.2. The molecule has 0 atom stereocenters. The molecule has 1 aliphatic rings. The van der Waals surface area contributed by atoms with Gasteiger partial charge in [0.15, 0.2) is 0 Å². The fraction of sp³-hybridized carbons (Fsp3) is 1.00. The van der Waals surface area contributed by atoms with E-state index in [0.717, 1.165) is 32.7 Å². The second-order valence-corrected chi connectivity index (χ2v) is 3.31. The van der Waals surface area contributed by atoms with Gasteiger partial charge in [0.25, 0.3) is 0 Å². The fourth-order valence-corrected chi connectivity index (χ4v) is 1.42. The lowest BCUT2D eigenvalue weighted by atomic mass is 10.4. The van der Waals surface area contributed by atoms with Crippen LogP contribution in [0.15, 0.2) is 0 Å². The van der Waals surface area contributed by atoms with Crippen molar-refractivity contribution in [1.29, 1.82) is 0 Å². The average Bonchev–Trinajstić information content (AvgIpc) is 2.02. The molecule has 1 heterocycles. The van der Waals surface area contributed by atoms with Crippen LogP contribution in [0, 0.1) is 0 Å². The first-order valence-corrected chi connectivity index (χ1v) is 4.97. The van der Waals surface area contributed by atoms with Crippen LogP contribution in [0.25, 0.3) is 0 Å². The first-order valence-electron chi connectivity index (χ1n) is 4.97. The van der Waals surface area contributed by atoms with E-state index >= 15 is 0 Å². The molecule has 0 spiro atoms. The maximum atomic E-state index is 5.50. The van der Waals surface area contributed by atoms with E-state index in [4.69, 9.17) is 11.5 Å². The van der Waals surface area contributed by atoms with Gasteiger partial charge in [-0.3, -0.25) is 10.3 Å². The standard InChI is InChI=1S/C8H21N5/c9-1-4-12(5-2-10)7-8-13-6-3-11-13/h11H,1-10H2. The smallest absolute Gasteiger partial charge is 0.0270 e. The molecule has 0 aliphatic carbocycles. The lowest BCUT2D eigenvalue weighted by molar-refractivity contribution is 0.0854. The molecule has 0 aromatic heterocycles. The molecule has 0 saturated carbocycles. The molecule has 0 amide bonds. The summed E-state index contributed by atoms with van der Waals surface area (Å²) in [4.78, 5) is 2.31. The number of rotatable bonds is 7. The number of nitrogens with one attached hydrogen (secondary N) is 1. The highest BCUT2D eigenvalue weighted by Crippen LogP contribution is 1.93. The van der Waals surface area contributed by atoms with Crippen LogP contribution in [0.3, 0.4) is 0 Å². The van der Waals surface area contributed by atoms with E-state index in [1.807, 2.05) is 0 Å². The van der Waals surface area contributed by atoms with Crippen LogP contribution in [0.1, 0.15) is 0 Å². The maximum absolute atomic E-state index is 5.50. The SMILES string of the molecule is NCCN(CCN)CCN1CCN1. The summed E-state index contributed by atoms with van der Waals surface area (Å²) in [6.07, 6.45) is 0. The molecular formula is C8H21N5. The van der Waals surface area contributed by atoms with Gasteiger partial charge in [-0.2, -0.15) is 0 Å². The summed E-state index contributed by atoms with van der Waals surface area (Å²) in [6, 6.07) is 0. The molecule has 1 saturated heterocycles. The Labute approximate surface area is 80.0 Å². The second-order valence-electron chi connectivity index (χ2n) is 3.31. The largest absolute Gasteiger partial charge is 0.329 e. The average molecular weight is 187 g/mol. The Hall–Kier alpha value is -0.200. The number of hydrogen-bond acceptors (Lipinski definition) is 5.